The Hall–Kier alpha value is -0.690. The maximum Gasteiger partial charge on any atom is 0.394 e. The molecule has 2 rings (SSSR count). The molecule has 0 aromatic carbocycles. The summed E-state index contributed by atoms with van der Waals surface area (Å²) in [4.78, 5) is 0. The predicted octanol–water partition coefficient (Wildman–Crippen LogP) is 0.829. The zero-order chi connectivity index (χ0) is 11.3. The highest BCUT2D eigenvalue weighted by atomic mass is 32.3. The van der Waals surface area contributed by atoms with Crippen LogP contribution in [0.5, 0.6) is 0 Å². The van der Waals surface area contributed by atoms with E-state index in [-0.39, 0.29) is 0 Å². The van der Waals surface area contributed by atoms with Gasteiger partial charge in [-0.3, -0.25) is 9.11 Å². The molecule has 0 spiro atoms. The summed E-state index contributed by atoms with van der Waals surface area (Å²) in [5.74, 6) is 0.867. The van der Waals surface area contributed by atoms with E-state index >= 15 is 0 Å². The van der Waals surface area contributed by atoms with Gasteiger partial charge in [-0.05, 0) is 25.3 Å². The van der Waals surface area contributed by atoms with Crippen molar-refractivity contribution in [2.24, 2.45) is 5.92 Å². The van der Waals surface area contributed by atoms with Gasteiger partial charge in [0, 0.05) is 6.54 Å². The molecular formula is C9H15NO4S. The van der Waals surface area contributed by atoms with Gasteiger partial charge < -0.3 is 5.32 Å². The molecule has 1 saturated heterocycles. The zero-order valence-electron chi connectivity index (χ0n) is 8.26. The molecule has 0 aromatic rings. The van der Waals surface area contributed by atoms with Crippen molar-refractivity contribution < 1.29 is 17.5 Å². The molecule has 0 bridgehead atoms. The second-order valence-electron chi connectivity index (χ2n) is 3.52. The Morgan fingerprint density at radius 3 is 2.67 bits per heavy atom. The summed E-state index contributed by atoms with van der Waals surface area (Å²) in [6.07, 6.45) is 9.32. The molecule has 1 aliphatic heterocycles. The lowest BCUT2D eigenvalue weighted by atomic mass is 9.86. The molecule has 3 N–H and O–H groups in total. The lowest BCUT2D eigenvalue weighted by Gasteiger charge is -2.26. The summed E-state index contributed by atoms with van der Waals surface area (Å²) >= 11 is 0. The van der Waals surface area contributed by atoms with E-state index in [4.69, 9.17) is 17.5 Å². The van der Waals surface area contributed by atoms with Crippen molar-refractivity contribution in [2.45, 2.75) is 12.8 Å². The van der Waals surface area contributed by atoms with Crippen LogP contribution >= 0.6 is 0 Å². The monoisotopic (exact) mass is 233 g/mol. The Morgan fingerprint density at radius 1 is 1.40 bits per heavy atom. The van der Waals surface area contributed by atoms with Gasteiger partial charge in [-0.15, -0.1) is 0 Å². The van der Waals surface area contributed by atoms with Gasteiger partial charge in [0.25, 0.3) is 0 Å². The Labute approximate surface area is 89.5 Å². The van der Waals surface area contributed by atoms with Crippen LogP contribution in [0, 0.1) is 5.92 Å². The van der Waals surface area contributed by atoms with Crippen molar-refractivity contribution >= 4 is 10.4 Å². The molecule has 1 fully saturated rings. The van der Waals surface area contributed by atoms with Crippen LogP contribution < -0.4 is 5.32 Å². The average molecular weight is 233 g/mol. The molecule has 1 unspecified atom stereocenters. The van der Waals surface area contributed by atoms with Crippen LogP contribution in [-0.4, -0.2) is 30.6 Å². The Morgan fingerprint density at radius 2 is 2.07 bits per heavy atom. The van der Waals surface area contributed by atoms with Crippen LogP contribution in [0.1, 0.15) is 12.8 Å². The first-order valence-electron chi connectivity index (χ1n) is 4.73. The van der Waals surface area contributed by atoms with E-state index in [2.05, 4.69) is 23.5 Å². The molecule has 6 heteroatoms. The van der Waals surface area contributed by atoms with E-state index < -0.39 is 10.4 Å². The van der Waals surface area contributed by atoms with Crippen molar-refractivity contribution in [3.63, 3.8) is 0 Å². The van der Waals surface area contributed by atoms with Crippen molar-refractivity contribution in [3.8, 4) is 0 Å². The largest absolute Gasteiger partial charge is 0.394 e. The number of hydrogen-bond acceptors (Lipinski definition) is 3. The maximum absolute atomic E-state index is 8.74. The molecule has 1 aliphatic carbocycles. The van der Waals surface area contributed by atoms with Crippen LogP contribution in [0.25, 0.3) is 0 Å². The van der Waals surface area contributed by atoms with Gasteiger partial charge in [0.2, 0.25) is 0 Å². The molecule has 0 saturated carbocycles. The second-order valence-corrected chi connectivity index (χ2v) is 4.41. The highest BCUT2D eigenvalue weighted by Gasteiger charge is 2.17. The Bertz CT molecular complexity index is 350. The summed E-state index contributed by atoms with van der Waals surface area (Å²) in [7, 11) is -4.67. The van der Waals surface area contributed by atoms with Gasteiger partial charge in [0.15, 0.2) is 0 Å². The summed E-state index contributed by atoms with van der Waals surface area (Å²) in [6.45, 7) is 2.32. The van der Waals surface area contributed by atoms with Crippen molar-refractivity contribution in [1.29, 1.82) is 0 Å². The predicted molar refractivity (Wildman–Crippen MR) is 57.0 cm³/mol. The van der Waals surface area contributed by atoms with Gasteiger partial charge in [0.05, 0.1) is 0 Å². The van der Waals surface area contributed by atoms with E-state index in [1.165, 1.54) is 19.4 Å². The quantitative estimate of drug-likeness (QED) is 0.539. The first-order valence-corrected chi connectivity index (χ1v) is 6.12. The number of fused-ring (bicyclic) bond motifs is 1. The number of nitrogens with one attached hydrogen (secondary N) is 1. The number of rotatable bonds is 0. The van der Waals surface area contributed by atoms with E-state index in [1.54, 1.807) is 5.57 Å². The Kier molecular flexibility index (Phi) is 4.46. The van der Waals surface area contributed by atoms with E-state index in [9.17, 15) is 0 Å². The lowest BCUT2D eigenvalue weighted by molar-refractivity contribution is 0.381. The smallest absolute Gasteiger partial charge is 0.313 e. The highest BCUT2D eigenvalue weighted by Crippen LogP contribution is 2.25. The molecule has 0 amide bonds. The molecule has 0 radical (unpaired) electrons. The minimum atomic E-state index is -4.67. The van der Waals surface area contributed by atoms with Crippen LogP contribution in [-0.2, 0) is 10.4 Å². The van der Waals surface area contributed by atoms with E-state index in [0.29, 0.717) is 0 Å². The van der Waals surface area contributed by atoms with Gasteiger partial charge in [-0.25, -0.2) is 0 Å². The molecule has 2 aliphatic rings. The number of piperidine rings is 1. The number of allylic oxidation sites excluding steroid dienone is 3. The fourth-order valence-corrected chi connectivity index (χ4v) is 1.74. The minimum absolute atomic E-state index is 0.867. The normalized spacial score (nSPS) is 24.7. The van der Waals surface area contributed by atoms with Crippen LogP contribution in [0.2, 0.25) is 0 Å². The van der Waals surface area contributed by atoms with Crippen molar-refractivity contribution in [1.82, 2.24) is 5.32 Å². The highest BCUT2D eigenvalue weighted by molar-refractivity contribution is 7.79. The fraction of sp³-hybridized carbons (Fsp3) is 0.556. The van der Waals surface area contributed by atoms with Crippen LogP contribution in [0.15, 0.2) is 23.8 Å². The summed E-state index contributed by atoms with van der Waals surface area (Å²) in [5, 5.41) is 3.38. The minimum Gasteiger partial charge on any atom is -0.313 e. The van der Waals surface area contributed by atoms with Gasteiger partial charge >= 0.3 is 10.4 Å². The zero-order valence-corrected chi connectivity index (χ0v) is 9.07. The summed E-state index contributed by atoms with van der Waals surface area (Å²) < 4.78 is 31.6. The molecule has 5 nitrogen and oxygen atoms in total. The number of hydrogen-bond donors (Lipinski definition) is 3. The van der Waals surface area contributed by atoms with Crippen LogP contribution in [0.4, 0.5) is 0 Å². The standard InChI is InChI=1S/C9H13N.H2O4S/c1-2-4-9-7-10-6-5-8(9)3-1;1-5(2,3)4/h1-2,4,8,10H,3,5-7H2;(H2,1,2,3,4). The molecule has 0 aromatic heterocycles. The SMILES string of the molecule is C1=CCC2CCNCC2=C1.O=S(=O)(O)O. The molecule has 15 heavy (non-hydrogen) atoms. The third-order valence-electron chi connectivity index (χ3n) is 2.39. The van der Waals surface area contributed by atoms with Crippen LogP contribution in [0.3, 0.4) is 0 Å². The third-order valence-corrected chi connectivity index (χ3v) is 2.39. The van der Waals surface area contributed by atoms with E-state index in [0.717, 1.165) is 12.5 Å². The molecule has 1 heterocycles. The fourth-order valence-electron chi connectivity index (χ4n) is 1.74. The average Bonchev–Trinajstić information content (AvgIpc) is 2.16. The maximum atomic E-state index is 8.74. The van der Waals surface area contributed by atoms with E-state index in [1.807, 2.05) is 0 Å². The van der Waals surface area contributed by atoms with Gasteiger partial charge in [-0.2, -0.15) is 8.42 Å². The van der Waals surface area contributed by atoms with Gasteiger partial charge in [-0.1, -0.05) is 23.8 Å². The second kappa shape index (κ2) is 5.41. The Balaban J connectivity index is 0.000000195. The molecule has 1 atom stereocenters. The first-order chi connectivity index (χ1) is 6.97. The summed E-state index contributed by atoms with van der Waals surface area (Å²) in [6, 6.07) is 0. The third kappa shape index (κ3) is 5.68. The van der Waals surface area contributed by atoms with Crippen molar-refractivity contribution in [2.75, 3.05) is 13.1 Å². The first kappa shape index (κ1) is 12.4. The van der Waals surface area contributed by atoms with Crippen molar-refractivity contribution in [3.05, 3.63) is 23.8 Å². The molecule has 86 valence electrons. The topological polar surface area (TPSA) is 86.6 Å². The lowest BCUT2D eigenvalue weighted by Crippen LogP contribution is -2.30. The molecular weight excluding hydrogens is 218 g/mol. The summed E-state index contributed by atoms with van der Waals surface area (Å²) in [5.41, 5.74) is 1.61. The van der Waals surface area contributed by atoms with Gasteiger partial charge in [0.1, 0.15) is 0 Å².